The lowest BCUT2D eigenvalue weighted by atomic mass is 10.3. The van der Waals surface area contributed by atoms with Gasteiger partial charge in [-0.2, -0.15) is 0 Å². The zero-order chi connectivity index (χ0) is 16.2. The number of carbonyl (C=O) groups is 1. The number of rotatable bonds is 7. The Labute approximate surface area is 141 Å². The Morgan fingerprint density at radius 1 is 1.48 bits per heavy atom. The molecule has 0 spiro atoms. The number of carbonyl (C=O) groups excluding carboxylic acids is 1. The van der Waals surface area contributed by atoms with Gasteiger partial charge in [0.2, 0.25) is 0 Å². The normalized spacial score (nSPS) is 11.0. The summed E-state index contributed by atoms with van der Waals surface area (Å²) >= 11 is 3.31. The number of halogens is 1. The van der Waals surface area contributed by atoms with Crippen molar-refractivity contribution in [2.45, 2.75) is 19.5 Å². The number of furan rings is 1. The Morgan fingerprint density at radius 2 is 2.35 bits per heavy atom. The molecule has 0 radical (unpaired) electrons. The fourth-order valence-electron chi connectivity index (χ4n) is 2.50. The topological polar surface area (TPSA) is 65.0 Å². The van der Waals surface area contributed by atoms with E-state index < -0.39 is 0 Å². The van der Waals surface area contributed by atoms with E-state index in [4.69, 9.17) is 4.42 Å². The molecule has 3 rings (SSSR count). The minimum absolute atomic E-state index is 0.111. The van der Waals surface area contributed by atoms with Crippen LogP contribution in [0.2, 0.25) is 0 Å². The van der Waals surface area contributed by atoms with E-state index in [0.29, 0.717) is 29.0 Å². The van der Waals surface area contributed by atoms with Gasteiger partial charge in [0.05, 0.1) is 11.8 Å². The van der Waals surface area contributed by atoms with Gasteiger partial charge in [0.15, 0.2) is 10.3 Å². The van der Waals surface area contributed by atoms with Crippen molar-refractivity contribution in [1.29, 1.82) is 0 Å². The first kappa shape index (κ1) is 15.6. The highest BCUT2D eigenvalue weighted by Gasteiger charge is 2.17. The zero-order valence-electron chi connectivity index (χ0n) is 12.5. The molecule has 3 aromatic rings. The molecule has 0 aromatic carbocycles. The van der Waals surface area contributed by atoms with Crippen molar-refractivity contribution in [3.63, 3.8) is 0 Å². The Hall–Kier alpha value is -2.28. The van der Waals surface area contributed by atoms with E-state index in [1.54, 1.807) is 24.7 Å². The van der Waals surface area contributed by atoms with Crippen LogP contribution in [-0.2, 0) is 13.1 Å². The highest BCUT2D eigenvalue weighted by molar-refractivity contribution is 9.10. The summed E-state index contributed by atoms with van der Waals surface area (Å²) in [6.45, 7) is 5.72. The van der Waals surface area contributed by atoms with Crippen LogP contribution in [0.15, 0.2) is 52.6 Å². The quantitative estimate of drug-likeness (QED) is 0.508. The molecule has 0 aliphatic carbocycles. The average molecular weight is 377 g/mol. The number of allylic oxidation sites excluding steroid dienone is 1. The fraction of sp³-hybridized carbons (Fsp3) is 0.250. The molecule has 0 saturated heterocycles. The smallest absolute Gasteiger partial charge is 0.268 e. The summed E-state index contributed by atoms with van der Waals surface area (Å²) < 4.78 is 10.1. The maximum atomic E-state index is 12.4. The third kappa shape index (κ3) is 3.39. The molecule has 23 heavy (non-hydrogen) atoms. The Morgan fingerprint density at radius 3 is 3.09 bits per heavy atom. The number of aryl methyl sites for hydroxylation is 1. The van der Waals surface area contributed by atoms with E-state index in [0.717, 1.165) is 18.5 Å². The molecule has 0 unspecified atom stereocenters. The van der Waals surface area contributed by atoms with Gasteiger partial charge >= 0.3 is 0 Å². The summed E-state index contributed by atoms with van der Waals surface area (Å²) in [6, 6.07) is 3.61. The minimum atomic E-state index is -0.111. The van der Waals surface area contributed by atoms with Crippen molar-refractivity contribution in [1.82, 2.24) is 19.4 Å². The molecule has 0 aliphatic heterocycles. The van der Waals surface area contributed by atoms with Gasteiger partial charge in [0.1, 0.15) is 5.69 Å². The molecule has 3 aromatic heterocycles. The van der Waals surface area contributed by atoms with Crippen LogP contribution in [0.3, 0.4) is 0 Å². The van der Waals surface area contributed by atoms with E-state index >= 15 is 0 Å². The van der Waals surface area contributed by atoms with E-state index in [2.05, 4.69) is 32.8 Å². The lowest BCUT2D eigenvalue weighted by molar-refractivity contribution is 0.0944. The predicted octanol–water partition coefficient (Wildman–Crippen LogP) is 3.20. The summed E-state index contributed by atoms with van der Waals surface area (Å²) in [4.78, 5) is 16.4. The van der Waals surface area contributed by atoms with Crippen LogP contribution in [0.4, 0.5) is 0 Å². The molecule has 1 N–H and O–H groups in total. The van der Waals surface area contributed by atoms with Crippen LogP contribution in [0.5, 0.6) is 0 Å². The summed E-state index contributed by atoms with van der Waals surface area (Å²) in [5.41, 5.74) is 2.14. The summed E-state index contributed by atoms with van der Waals surface area (Å²) in [5, 5.41) is 2.94. The number of amides is 1. The number of fused-ring (bicyclic) bond motifs is 1. The van der Waals surface area contributed by atoms with Gasteiger partial charge in [-0.05, 0) is 22.4 Å². The van der Waals surface area contributed by atoms with Gasteiger partial charge in [-0.25, -0.2) is 4.98 Å². The lowest BCUT2D eigenvalue weighted by Gasteiger charge is -2.08. The van der Waals surface area contributed by atoms with Crippen LogP contribution in [-0.4, -0.2) is 26.6 Å². The van der Waals surface area contributed by atoms with Gasteiger partial charge in [0.25, 0.3) is 5.91 Å². The summed E-state index contributed by atoms with van der Waals surface area (Å²) in [6.07, 6.45) is 8.02. The van der Waals surface area contributed by atoms with Gasteiger partial charge < -0.3 is 18.9 Å². The van der Waals surface area contributed by atoms with E-state index in [9.17, 15) is 4.79 Å². The van der Waals surface area contributed by atoms with E-state index in [-0.39, 0.29) is 5.91 Å². The van der Waals surface area contributed by atoms with E-state index in [1.807, 2.05) is 21.4 Å². The third-order valence-electron chi connectivity index (χ3n) is 3.54. The first-order chi connectivity index (χ1) is 11.2. The van der Waals surface area contributed by atoms with Gasteiger partial charge in [-0.15, -0.1) is 6.58 Å². The van der Waals surface area contributed by atoms with Gasteiger partial charge in [-0.3, -0.25) is 4.79 Å². The number of hydrogen-bond acceptors (Lipinski definition) is 3. The molecular formula is C16H17BrN4O2. The maximum Gasteiger partial charge on any atom is 0.268 e. The average Bonchev–Trinajstić information content (AvgIpc) is 3.22. The Balaban J connectivity index is 1.66. The second kappa shape index (κ2) is 6.87. The van der Waals surface area contributed by atoms with Crippen molar-refractivity contribution < 1.29 is 9.21 Å². The predicted molar refractivity (Wildman–Crippen MR) is 91.3 cm³/mol. The van der Waals surface area contributed by atoms with Crippen molar-refractivity contribution >= 4 is 32.9 Å². The molecule has 6 nitrogen and oxygen atoms in total. The standard InChI is InChI=1S/C16H17BrN4O2/c1-2-6-21-12-10-15(17)23-14(12)9-13(21)16(22)19-4-3-7-20-8-5-18-11-20/h2,5,8-11H,1,3-4,6-7H2,(H,19,22). The number of nitrogens with zero attached hydrogens (tertiary/aromatic N) is 3. The molecule has 120 valence electrons. The first-order valence-electron chi connectivity index (χ1n) is 7.32. The second-order valence-corrected chi connectivity index (χ2v) is 5.92. The molecule has 0 saturated carbocycles. The third-order valence-corrected chi connectivity index (χ3v) is 3.93. The molecule has 3 heterocycles. The van der Waals surface area contributed by atoms with Gasteiger partial charge in [-0.1, -0.05) is 6.08 Å². The number of hydrogen-bond donors (Lipinski definition) is 1. The number of nitrogens with one attached hydrogen (secondary N) is 1. The SMILES string of the molecule is C=CCn1c(C(=O)NCCCn2ccnc2)cc2oc(Br)cc21. The van der Waals surface area contributed by atoms with Crippen molar-refractivity contribution in [2.24, 2.45) is 0 Å². The fourth-order valence-corrected chi connectivity index (χ4v) is 2.89. The minimum Gasteiger partial charge on any atom is -0.448 e. The molecule has 0 atom stereocenters. The van der Waals surface area contributed by atoms with E-state index in [1.165, 1.54) is 0 Å². The Bertz CT molecular complexity index is 817. The molecule has 0 aliphatic rings. The molecule has 0 bridgehead atoms. The number of aromatic nitrogens is 3. The summed E-state index contributed by atoms with van der Waals surface area (Å²) in [5.74, 6) is -0.111. The largest absolute Gasteiger partial charge is 0.448 e. The maximum absolute atomic E-state index is 12.4. The first-order valence-corrected chi connectivity index (χ1v) is 8.11. The van der Waals surface area contributed by atoms with Crippen molar-refractivity contribution in [3.05, 3.63) is 53.9 Å². The molecule has 1 amide bonds. The van der Waals surface area contributed by atoms with Crippen LogP contribution < -0.4 is 5.32 Å². The van der Waals surface area contributed by atoms with Crippen LogP contribution >= 0.6 is 15.9 Å². The Kier molecular flexibility index (Phi) is 4.66. The monoisotopic (exact) mass is 376 g/mol. The van der Waals surface area contributed by atoms with Crippen LogP contribution in [0.1, 0.15) is 16.9 Å². The van der Waals surface area contributed by atoms with Crippen molar-refractivity contribution in [3.8, 4) is 0 Å². The lowest BCUT2D eigenvalue weighted by Crippen LogP contribution is -2.27. The zero-order valence-corrected chi connectivity index (χ0v) is 14.1. The van der Waals surface area contributed by atoms with Crippen molar-refractivity contribution in [2.75, 3.05) is 6.54 Å². The molecule has 0 fully saturated rings. The van der Waals surface area contributed by atoms with Gasteiger partial charge in [0, 0.05) is 44.2 Å². The second-order valence-electron chi connectivity index (χ2n) is 5.14. The number of imidazole rings is 1. The highest BCUT2D eigenvalue weighted by atomic mass is 79.9. The molecule has 7 heteroatoms. The highest BCUT2D eigenvalue weighted by Crippen LogP contribution is 2.27. The van der Waals surface area contributed by atoms with Crippen LogP contribution in [0, 0.1) is 0 Å². The molecular weight excluding hydrogens is 360 g/mol. The summed E-state index contributed by atoms with van der Waals surface area (Å²) in [7, 11) is 0. The van der Waals surface area contributed by atoms with Crippen LogP contribution in [0.25, 0.3) is 11.1 Å².